The van der Waals surface area contributed by atoms with Crippen molar-refractivity contribution in [3.63, 3.8) is 0 Å². The molecule has 2 rings (SSSR count). The van der Waals surface area contributed by atoms with E-state index in [2.05, 4.69) is 21.2 Å². The molecular formula is C15H10BrFN2O5. The zero-order valence-electron chi connectivity index (χ0n) is 12.0. The van der Waals surface area contributed by atoms with Gasteiger partial charge in [-0.3, -0.25) is 14.9 Å². The van der Waals surface area contributed by atoms with Crippen LogP contribution in [0, 0.1) is 15.9 Å². The summed E-state index contributed by atoms with van der Waals surface area (Å²) in [6.07, 6.45) is 0. The molecule has 0 aliphatic heterocycles. The predicted molar refractivity (Wildman–Crippen MR) is 86.1 cm³/mol. The van der Waals surface area contributed by atoms with Crippen LogP contribution in [0.3, 0.4) is 0 Å². The number of esters is 1. The Morgan fingerprint density at radius 1 is 1.25 bits per heavy atom. The fourth-order valence-corrected chi connectivity index (χ4v) is 2.14. The maximum atomic E-state index is 13.6. The highest BCUT2D eigenvalue weighted by molar-refractivity contribution is 9.10. The molecule has 0 atom stereocenters. The number of nitro groups is 1. The van der Waals surface area contributed by atoms with Crippen molar-refractivity contribution in [3.8, 4) is 0 Å². The molecule has 2 aromatic rings. The van der Waals surface area contributed by atoms with Gasteiger partial charge in [0.25, 0.3) is 11.6 Å². The summed E-state index contributed by atoms with van der Waals surface area (Å²) in [4.78, 5) is 33.4. The van der Waals surface area contributed by atoms with Crippen molar-refractivity contribution in [2.24, 2.45) is 0 Å². The van der Waals surface area contributed by atoms with Crippen LogP contribution in [0.25, 0.3) is 0 Å². The molecule has 0 spiro atoms. The maximum absolute atomic E-state index is 13.6. The first-order chi connectivity index (χ1) is 11.4. The predicted octanol–water partition coefficient (Wildman–Crippen LogP) is 3.29. The average Bonchev–Trinajstić information content (AvgIpc) is 2.54. The second kappa shape index (κ2) is 7.64. The van der Waals surface area contributed by atoms with E-state index in [9.17, 15) is 24.1 Å². The van der Waals surface area contributed by atoms with Crippen LogP contribution < -0.4 is 5.32 Å². The van der Waals surface area contributed by atoms with Crippen LogP contribution >= 0.6 is 15.9 Å². The van der Waals surface area contributed by atoms with Gasteiger partial charge in [0.15, 0.2) is 6.61 Å². The van der Waals surface area contributed by atoms with Gasteiger partial charge in [0, 0.05) is 16.6 Å². The standard InChI is InChI=1S/C15H10BrFN2O5/c16-10-3-1-2-9(6-10)15(21)24-8-14(20)18-13-7-11(19(22)23)4-5-12(13)17/h1-7H,8H2,(H,18,20). The smallest absolute Gasteiger partial charge is 0.338 e. The van der Waals surface area contributed by atoms with Crippen LogP contribution in [-0.2, 0) is 9.53 Å². The van der Waals surface area contributed by atoms with E-state index in [0.29, 0.717) is 4.47 Å². The van der Waals surface area contributed by atoms with Crippen LogP contribution in [0.2, 0.25) is 0 Å². The van der Waals surface area contributed by atoms with Crippen LogP contribution in [0.5, 0.6) is 0 Å². The first kappa shape index (κ1) is 17.5. The topological polar surface area (TPSA) is 98.5 Å². The van der Waals surface area contributed by atoms with E-state index < -0.39 is 29.2 Å². The van der Waals surface area contributed by atoms with Crippen molar-refractivity contribution in [3.05, 3.63) is 68.4 Å². The summed E-state index contributed by atoms with van der Waals surface area (Å²) in [6.45, 7) is -0.659. The van der Waals surface area contributed by atoms with E-state index >= 15 is 0 Å². The number of amides is 1. The van der Waals surface area contributed by atoms with Crippen LogP contribution in [0.15, 0.2) is 46.9 Å². The Morgan fingerprint density at radius 3 is 2.67 bits per heavy atom. The quantitative estimate of drug-likeness (QED) is 0.474. The molecule has 0 aliphatic carbocycles. The van der Waals surface area contributed by atoms with Crippen molar-refractivity contribution in [2.75, 3.05) is 11.9 Å². The Hall–Kier alpha value is -2.81. The lowest BCUT2D eigenvalue weighted by atomic mass is 10.2. The lowest BCUT2D eigenvalue weighted by molar-refractivity contribution is -0.384. The third-order valence-electron chi connectivity index (χ3n) is 2.83. The zero-order valence-corrected chi connectivity index (χ0v) is 13.6. The Labute approximate surface area is 143 Å². The maximum Gasteiger partial charge on any atom is 0.338 e. The van der Waals surface area contributed by atoms with Gasteiger partial charge in [-0.25, -0.2) is 9.18 Å². The molecule has 0 saturated heterocycles. The van der Waals surface area contributed by atoms with Crippen molar-refractivity contribution < 1.29 is 23.6 Å². The van der Waals surface area contributed by atoms with E-state index in [1.54, 1.807) is 12.1 Å². The Bertz CT molecular complexity index is 812. The monoisotopic (exact) mass is 396 g/mol. The number of benzene rings is 2. The minimum atomic E-state index is -0.840. The van der Waals surface area contributed by atoms with E-state index in [1.165, 1.54) is 12.1 Å². The second-order valence-electron chi connectivity index (χ2n) is 4.56. The van der Waals surface area contributed by atoms with E-state index in [-0.39, 0.29) is 16.9 Å². The fraction of sp³-hybridized carbons (Fsp3) is 0.0667. The number of non-ortho nitro benzene ring substituents is 1. The summed E-state index contributed by atoms with van der Waals surface area (Å²) in [5.41, 5.74) is -0.510. The number of nitrogens with zero attached hydrogens (tertiary/aromatic N) is 1. The van der Waals surface area contributed by atoms with Crippen molar-refractivity contribution in [2.45, 2.75) is 0 Å². The van der Waals surface area contributed by atoms with Gasteiger partial charge >= 0.3 is 5.97 Å². The number of hydrogen-bond acceptors (Lipinski definition) is 5. The third kappa shape index (κ3) is 4.59. The molecule has 0 saturated carbocycles. The lowest BCUT2D eigenvalue weighted by Gasteiger charge is -2.07. The van der Waals surface area contributed by atoms with Gasteiger partial charge in [-0.1, -0.05) is 22.0 Å². The number of halogens is 2. The number of carbonyl (C=O) groups is 2. The van der Waals surface area contributed by atoms with Gasteiger partial charge in [0.1, 0.15) is 5.82 Å². The summed E-state index contributed by atoms with van der Waals surface area (Å²) in [5, 5.41) is 12.8. The Morgan fingerprint density at radius 2 is 2.00 bits per heavy atom. The summed E-state index contributed by atoms with van der Waals surface area (Å²) in [6, 6.07) is 9.07. The van der Waals surface area contributed by atoms with Gasteiger partial charge < -0.3 is 10.1 Å². The number of rotatable bonds is 5. The number of ether oxygens (including phenoxy) is 1. The molecule has 0 fully saturated rings. The molecule has 0 heterocycles. The molecule has 1 amide bonds. The average molecular weight is 397 g/mol. The summed E-state index contributed by atoms with van der Waals surface area (Å²) >= 11 is 3.20. The largest absolute Gasteiger partial charge is 0.452 e. The number of carbonyl (C=O) groups excluding carboxylic acids is 2. The zero-order chi connectivity index (χ0) is 17.7. The molecule has 0 unspecified atom stereocenters. The normalized spacial score (nSPS) is 10.1. The molecule has 7 nitrogen and oxygen atoms in total. The molecule has 1 N–H and O–H groups in total. The molecule has 9 heteroatoms. The molecule has 0 aliphatic rings. The van der Waals surface area contributed by atoms with E-state index in [1.807, 2.05) is 0 Å². The van der Waals surface area contributed by atoms with Crippen LogP contribution in [-0.4, -0.2) is 23.4 Å². The molecule has 124 valence electrons. The molecule has 0 aromatic heterocycles. The molecular weight excluding hydrogens is 387 g/mol. The van der Waals surface area contributed by atoms with Gasteiger partial charge in [-0.15, -0.1) is 0 Å². The summed E-state index contributed by atoms with van der Waals surface area (Å²) < 4.78 is 19.0. The molecule has 2 aromatic carbocycles. The van der Waals surface area contributed by atoms with Gasteiger partial charge in [0.2, 0.25) is 0 Å². The minimum absolute atomic E-state index is 0.235. The number of anilines is 1. The van der Waals surface area contributed by atoms with Crippen molar-refractivity contribution >= 4 is 39.2 Å². The Kier molecular flexibility index (Phi) is 5.59. The van der Waals surface area contributed by atoms with Crippen LogP contribution in [0.4, 0.5) is 15.8 Å². The number of hydrogen-bond donors (Lipinski definition) is 1. The highest BCUT2D eigenvalue weighted by Gasteiger charge is 2.15. The van der Waals surface area contributed by atoms with Crippen molar-refractivity contribution in [1.82, 2.24) is 0 Å². The first-order valence-electron chi connectivity index (χ1n) is 6.53. The minimum Gasteiger partial charge on any atom is -0.452 e. The first-order valence-corrected chi connectivity index (χ1v) is 7.32. The number of nitrogens with one attached hydrogen (secondary N) is 1. The fourth-order valence-electron chi connectivity index (χ4n) is 1.74. The summed E-state index contributed by atoms with van der Waals surface area (Å²) in [7, 11) is 0. The highest BCUT2D eigenvalue weighted by atomic mass is 79.9. The van der Waals surface area contributed by atoms with Crippen LogP contribution in [0.1, 0.15) is 10.4 Å². The Balaban J connectivity index is 1.97. The third-order valence-corrected chi connectivity index (χ3v) is 3.32. The van der Waals surface area contributed by atoms with Gasteiger partial charge in [-0.05, 0) is 24.3 Å². The SMILES string of the molecule is O=C(COC(=O)c1cccc(Br)c1)Nc1cc([N+](=O)[O-])ccc1F. The van der Waals surface area contributed by atoms with Crippen molar-refractivity contribution in [1.29, 1.82) is 0 Å². The molecule has 0 radical (unpaired) electrons. The van der Waals surface area contributed by atoms with E-state index in [4.69, 9.17) is 4.74 Å². The van der Waals surface area contributed by atoms with Gasteiger partial charge in [-0.2, -0.15) is 0 Å². The van der Waals surface area contributed by atoms with Gasteiger partial charge in [0.05, 0.1) is 16.2 Å². The molecule has 24 heavy (non-hydrogen) atoms. The highest BCUT2D eigenvalue weighted by Crippen LogP contribution is 2.21. The second-order valence-corrected chi connectivity index (χ2v) is 5.47. The lowest BCUT2D eigenvalue weighted by Crippen LogP contribution is -2.21. The number of nitro benzene ring substituents is 1. The molecule has 0 bridgehead atoms. The summed E-state index contributed by atoms with van der Waals surface area (Å²) in [5.74, 6) is -2.39. The van der Waals surface area contributed by atoms with E-state index in [0.717, 1.165) is 18.2 Å².